The Morgan fingerprint density at radius 2 is 2.09 bits per heavy atom. The minimum absolute atomic E-state index is 0.497. The van der Waals surface area contributed by atoms with E-state index < -0.39 is 30.8 Å². The Hall–Kier alpha value is -0.530. The number of aliphatic hydroxyl groups is 3. The highest BCUT2D eigenvalue weighted by molar-refractivity contribution is 5.90. The van der Waals surface area contributed by atoms with Crippen molar-refractivity contribution in [1.29, 1.82) is 0 Å². The first kappa shape index (κ1) is 10.5. The average Bonchev–Trinajstić information content (AvgIpc) is 2.01. The number of rotatable bonds is 4. The van der Waals surface area contributed by atoms with Gasteiger partial charge in [0.25, 0.3) is 0 Å². The zero-order chi connectivity index (χ0) is 9.07. The van der Waals surface area contributed by atoms with Gasteiger partial charge in [0.15, 0.2) is 5.72 Å². The van der Waals surface area contributed by atoms with Gasteiger partial charge in [-0.1, -0.05) is 0 Å². The van der Waals surface area contributed by atoms with Gasteiger partial charge in [-0.15, -0.1) is 0 Å². The minimum Gasteiger partial charge on any atom is -0.393 e. The molecule has 6 heteroatoms. The molecule has 0 aliphatic rings. The number of ketones is 1. The molecule has 0 heterocycles. The summed E-state index contributed by atoms with van der Waals surface area (Å²) in [4.78, 5) is 10.8. The van der Waals surface area contributed by atoms with E-state index in [2.05, 4.69) is 0 Å². The Kier molecular flexibility index (Phi) is 3.56. The molecule has 0 aliphatic heterocycles. The van der Waals surface area contributed by atoms with Crippen LogP contribution < -0.4 is 11.5 Å². The molecule has 0 amide bonds. The van der Waals surface area contributed by atoms with E-state index in [1.807, 2.05) is 0 Å². The summed E-state index contributed by atoms with van der Waals surface area (Å²) >= 11 is 0. The first-order valence-electron chi connectivity index (χ1n) is 3.00. The average molecular weight is 164 g/mol. The molecule has 0 bridgehead atoms. The predicted molar refractivity (Wildman–Crippen MR) is 36.3 cm³/mol. The third-order valence-corrected chi connectivity index (χ3v) is 1.21. The van der Waals surface area contributed by atoms with Crippen LogP contribution in [0.25, 0.3) is 0 Å². The Labute approximate surface area is 63.4 Å². The van der Waals surface area contributed by atoms with Gasteiger partial charge >= 0.3 is 0 Å². The number of hydrogen-bond donors (Lipinski definition) is 5. The van der Waals surface area contributed by atoms with Crippen LogP contribution in [0.1, 0.15) is 0 Å². The molecule has 0 aromatic carbocycles. The summed E-state index contributed by atoms with van der Waals surface area (Å²) in [7, 11) is 0. The van der Waals surface area contributed by atoms with Gasteiger partial charge in [-0.3, -0.25) is 10.5 Å². The highest BCUT2D eigenvalue weighted by Crippen LogP contribution is 1.98. The second-order valence-electron chi connectivity index (χ2n) is 2.19. The van der Waals surface area contributed by atoms with Crippen LogP contribution in [0.3, 0.4) is 0 Å². The predicted octanol–water partition coefficient (Wildman–Crippen LogP) is -3.49. The molecule has 0 fully saturated rings. The smallest absolute Gasteiger partial charge is 0.211 e. The van der Waals surface area contributed by atoms with E-state index in [9.17, 15) is 4.79 Å². The molecule has 2 atom stereocenters. The molecule has 0 radical (unpaired) electrons. The van der Waals surface area contributed by atoms with Crippen molar-refractivity contribution >= 4 is 5.78 Å². The highest BCUT2D eigenvalue weighted by atomic mass is 16.3. The molecule has 0 aromatic rings. The lowest BCUT2D eigenvalue weighted by atomic mass is 10.1. The van der Waals surface area contributed by atoms with Gasteiger partial charge in [0.1, 0.15) is 6.10 Å². The Morgan fingerprint density at radius 3 is 2.36 bits per heavy atom. The Balaban J connectivity index is 4.23. The normalized spacial score (nSPS) is 19.0. The van der Waals surface area contributed by atoms with Crippen LogP contribution in [0, 0.1) is 0 Å². The molecule has 11 heavy (non-hydrogen) atoms. The van der Waals surface area contributed by atoms with Crippen LogP contribution in [0.15, 0.2) is 0 Å². The summed E-state index contributed by atoms with van der Waals surface area (Å²) in [6.45, 7) is -1.28. The van der Waals surface area contributed by atoms with E-state index in [1.54, 1.807) is 0 Å². The largest absolute Gasteiger partial charge is 0.393 e. The second kappa shape index (κ2) is 3.74. The van der Waals surface area contributed by atoms with Crippen LogP contribution in [-0.4, -0.2) is 46.1 Å². The molecule has 0 rings (SSSR count). The van der Waals surface area contributed by atoms with Gasteiger partial charge in [0.05, 0.1) is 6.61 Å². The zero-order valence-electron chi connectivity index (χ0n) is 5.90. The third kappa shape index (κ3) is 2.52. The molecule has 6 nitrogen and oxygen atoms in total. The third-order valence-electron chi connectivity index (χ3n) is 1.21. The van der Waals surface area contributed by atoms with Crippen LogP contribution in [0.2, 0.25) is 0 Å². The molecule has 0 aromatic heterocycles. The van der Waals surface area contributed by atoms with Gasteiger partial charge in [-0.2, -0.15) is 0 Å². The van der Waals surface area contributed by atoms with E-state index in [4.69, 9.17) is 26.8 Å². The zero-order valence-corrected chi connectivity index (χ0v) is 5.90. The molecule has 0 aliphatic carbocycles. The molecule has 7 N–H and O–H groups in total. The summed E-state index contributed by atoms with van der Waals surface area (Å²) in [6.07, 6.45) is -1.67. The maximum absolute atomic E-state index is 10.8. The first-order chi connectivity index (χ1) is 4.95. The van der Waals surface area contributed by atoms with Crippen LogP contribution in [-0.2, 0) is 4.79 Å². The number of Topliss-reactive ketones (excluding diaryl/α,β-unsaturated/α-hetero) is 1. The Bertz CT molecular complexity index is 147. The maximum Gasteiger partial charge on any atom is 0.211 e. The SMILES string of the molecule is NCC(N)(O)C(=O)C(O)CO. The molecular formula is C5H12N2O4. The lowest BCUT2D eigenvalue weighted by molar-refractivity contribution is -0.146. The molecule has 2 unspecified atom stereocenters. The van der Waals surface area contributed by atoms with Crippen molar-refractivity contribution in [2.24, 2.45) is 11.5 Å². The van der Waals surface area contributed by atoms with Crippen molar-refractivity contribution in [2.45, 2.75) is 11.8 Å². The van der Waals surface area contributed by atoms with Crippen molar-refractivity contribution < 1.29 is 20.1 Å². The van der Waals surface area contributed by atoms with E-state index in [0.717, 1.165) is 0 Å². The summed E-state index contributed by atoms with van der Waals surface area (Å²) in [5, 5.41) is 25.9. The van der Waals surface area contributed by atoms with Crippen molar-refractivity contribution in [3.63, 3.8) is 0 Å². The van der Waals surface area contributed by atoms with E-state index in [1.165, 1.54) is 0 Å². The van der Waals surface area contributed by atoms with E-state index in [-0.39, 0.29) is 0 Å². The number of aliphatic hydroxyl groups excluding tert-OH is 2. The van der Waals surface area contributed by atoms with Crippen LogP contribution in [0.5, 0.6) is 0 Å². The number of carbonyl (C=O) groups is 1. The summed E-state index contributed by atoms with van der Waals surface area (Å²) in [5.41, 5.74) is 7.61. The monoisotopic (exact) mass is 164 g/mol. The van der Waals surface area contributed by atoms with E-state index in [0.29, 0.717) is 0 Å². The fraction of sp³-hybridized carbons (Fsp3) is 0.800. The fourth-order valence-corrected chi connectivity index (χ4v) is 0.472. The lowest BCUT2D eigenvalue weighted by Gasteiger charge is -2.21. The van der Waals surface area contributed by atoms with Crippen LogP contribution >= 0.6 is 0 Å². The van der Waals surface area contributed by atoms with E-state index >= 15 is 0 Å². The highest BCUT2D eigenvalue weighted by Gasteiger charge is 2.33. The van der Waals surface area contributed by atoms with Crippen molar-refractivity contribution in [1.82, 2.24) is 0 Å². The van der Waals surface area contributed by atoms with Gasteiger partial charge in [-0.25, -0.2) is 0 Å². The molecule has 0 saturated carbocycles. The minimum atomic E-state index is -2.25. The topological polar surface area (TPSA) is 130 Å². The first-order valence-corrected chi connectivity index (χ1v) is 3.00. The quantitative estimate of drug-likeness (QED) is 0.274. The molecule has 66 valence electrons. The summed E-state index contributed by atoms with van der Waals surface area (Å²) in [6, 6.07) is 0. The molecular weight excluding hydrogens is 152 g/mol. The lowest BCUT2D eigenvalue weighted by Crippen LogP contribution is -2.58. The summed E-state index contributed by atoms with van der Waals surface area (Å²) < 4.78 is 0. The van der Waals surface area contributed by atoms with Crippen molar-refractivity contribution in [3.8, 4) is 0 Å². The Morgan fingerprint density at radius 1 is 1.64 bits per heavy atom. The van der Waals surface area contributed by atoms with Gasteiger partial charge < -0.3 is 21.1 Å². The molecule has 0 spiro atoms. The molecule has 0 saturated heterocycles. The van der Waals surface area contributed by atoms with Gasteiger partial charge in [0, 0.05) is 6.54 Å². The van der Waals surface area contributed by atoms with Crippen LogP contribution in [0.4, 0.5) is 0 Å². The number of carbonyl (C=O) groups excluding carboxylic acids is 1. The van der Waals surface area contributed by atoms with Gasteiger partial charge in [0.2, 0.25) is 5.78 Å². The second-order valence-corrected chi connectivity index (χ2v) is 2.19. The van der Waals surface area contributed by atoms with Crippen molar-refractivity contribution in [2.75, 3.05) is 13.2 Å². The maximum atomic E-state index is 10.8. The fourth-order valence-electron chi connectivity index (χ4n) is 0.472. The summed E-state index contributed by atoms with van der Waals surface area (Å²) in [5.74, 6) is -1.08. The number of nitrogens with two attached hydrogens (primary N) is 2. The standard InChI is InChI=1S/C5H12N2O4/c6-2-5(7,11)4(10)3(9)1-8/h3,8-9,11H,1-2,6-7H2. The van der Waals surface area contributed by atoms with Gasteiger partial charge in [-0.05, 0) is 0 Å². The van der Waals surface area contributed by atoms with Crippen molar-refractivity contribution in [3.05, 3.63) is 0 Å². The number of hydrogen-bond acceptors (Lipinski definition) is 6.